The molecule has 9 heteroatoms. The van der Waals surface area contributed by atoms with Crippen LogP contribution in [-0.2, 0) is 35.6 Å². The highest BCUT2D eigenvalue weighted by atomic mass is 35.5. The van der Waals surface area contributed by atoms with Crippen LogP contribution in [0.4, 0.5) is 0 Å². The number of hydrogen-bond acceptors (Lipinski definition) is 5. The Hall–Kier alpha value is -4.27. The van der Waals surface area contributed by atoms with Gasteiger partial charge in [-0.1, -0.05) is 67.1 Å². The number of aromatic nitrogens is 2. The Balaban J connectivity index is 1.35. The summed E-state index contributed by atoms with van der Waals surface area (Å²) in [5.41, 5.74) is 7.47. The molecule has 2 atom stereocenters. The third kappa shape index (κ3) is 6.64. The fourth-order valence-corrected chi connectivity index (χ4v) is 7.62. The van der Waals surface area contributed by atoms with Gasteiger partial charge in [-0.2, -0.15) is 0 Å². The second-order valence-corrected chi connectivity index (χ2v) is 13.6. The summed E-state index contributed by atoms with van der Waals surface area (Å²) in [7, 11) is 0. The van der Waals surface area contributed by atoms with Crippen molar-refractivity contribution in [1.29, 1.82) is 0 Å². The molecule has 2 unspecified atom stereocenters. The van der Waals surface area contributed by atoms with Crippen molar-refractivity contribution in [2.75, 3.05) is 6.54 Å². The van der Waals surface area contributed by atoms with Gasteiger partial charge in [0.15, 0.2) is 0 Å². The molecule has 3 aromatic carbocycles. The smallest absolute Gasteiger partial charge is 0.326 e. The van der Waals surface area contributed by atoms with Gasteiger partial charge in [-0.05, 0) is 54.8 Å². The normalized spacial score (nSPS) is 14.7. The second-order valence-electron chi connectivity index (χ2n) is 11.7. The highest BCUT2D eigenvalue weighted by Crippen LogP contribution is 2.47. The number of nitrogens with zero attached hydrogens (tertiary/aromatic N) is 3. The molecule has 1 N–H and O–H groups in total. The Kier molecular flexibility index (Phi) is 9.38. The van der Waals surface area contributed by atoms with Gasteiger partial charge in [0.25, 0.3) is 0 Å². The molecule has 5 aromatic rings. The first-order valence-electron chi connectivity index (χ1n) is 15.4. The quantitative estimate of drug-likeness (QED) is 0.156. The number of aliphatic carboxylic acids is 1. The Morgan fingerprint density at radius 3 is 2.50 bits per heavy atom. The van der Waals surface area contributed by atoms with Crippen molar-refractivity contribution in [3.8, 4) is 16.9 Å². The van der Waals surface area contributed by atoms with Gasteiger partial charge in [0.05, 0.1) is 11.2 Å². The van der Waals surface area contributed by atoms with E-state index in [1.807, 2.05) is 66.5 Å². The first kappa shape index (κ1) is 31.7. The van der Waals surface area contributed by atoms with E-state index in [1.54, 1.807) is 6.92 Å². The minimum Gasteiger partial charge on any atom is -0.487 e. The highest BCUT2D eigenvalue weighted by molar-refractivity contribution is 8.00. The van der Waals surface area contributed by atoms with Gasteiger partial charge in [0.1, 0.15) is 18.4 Å². The molecule has 46 heavy (non-hydrogen) atoms. The number of carboxylic acid groups (broad SMARTS) is 1. The number of amides is 1. The minimum absolute atomic E-state index is 0.258. The van der Waals surface area contributed by atoms with Crippen molar-refractivity contribution < 1.29 is 19.4 Å². The molecule has 1 aliphatic rings. The SMILES string of the molecule is CC(=O)N(CCc1c2c3c(c(OCc4ccc(-c5ccccc5)cn4)ccc3n1Cc1ccc(Cl)cc1)CC(C)S2)C(C)C(=O)O. The predicted octanol–water partition coefficient (Wildman–Crippen LogP) is 7.88. The van der Waals surface area contributed by atoms with Crippen LogP contribution in [0.3, 0.4) is 0 Å². The summed E-state index contributed by atoms with van der Waals surface area (Å²) >= 11 is 8.03. The van der Waals surface area contributed by atoms with E-state index in [1.165, 1.54) is 16.7 Å². The molecule has 3 heterocycles. The summed E-state index contributed by atoms with van der Waals surface area (Å²) in [6, 6.07) is 25.3. The summed E-state index contributed by atoms with van der Waals surface area (Å²) in [4.78, 5) is 31.6. The number of pyridine rings is 1. The maximum absolute atomic E-state index is 12.5. The zero-order valence-corrected chi connectivity index (χ0v) is 27.6. The molecule has 2 aromatic heterocycles. The zero-order chi connectivity index (χ0) is 32.4. The van der Waals surface area contributed by atoms with Crippen LogP contribution in [0.15, 0.2) is 90.0 Å². The molecular weight excluding hydrogens is 618 g/mol. The van der Waals surface area contributed by atoms with Crippen molar-refractivity contribution in [2.45, 2.75) is 63.0 Å². The summed E-state index contributed by atoms with van der Waals surface area (Å²) in [5, 5.41) is 11.8. The maximum atomic E-state index is 12.5. The Bertz CT molecular complexity index is 1870. The lowest BCUT2D eigenvalue weighted by Crippen LogP contribution is -2.43. The van der Waals surface area contributed by atoms with E-state index in [9.17, 15) is 14.7 Å². The fraction of sp³-hybridized carbons (Fsp3) is 0.270. The number of benzene rings is 3. The predicted molar refractivity (Wildman–Crippen MR) is 184 cm³/mol. The van der Waals surface area contributed by atoms with Gasteiger partial charge >= 0.3 is 5.97 Å². The highest BCUT2D eigenvalue weighted by Gasteiger charge is 2.30. The third-order valence-corrected chi connectivity index (χ3v) is 10.0. The summed E-state index contributed by atoms with van der Waals surface area (Å²) in [6.07, 6.45) is 3.25. The lowest BCUT2D eigenvalue weighted by molar-refractivity contribution is -0.148. The van der Waals surface area contributed by atoms with Crippen LogP contribution >= 0.6 is 23.4 Å². The Morgan fingerprint density at radius 1 is 1.07 bits per heavy atom. The van der Waals surface area contributed by atoms with E-state index >= 15 is 0 Å². The molecule has 236 valence electrons. The van der Waals surface area contributed by atoms with Gasteiger partial charge in [0, 0.05) is 70.0 Å². The number of carbonyl (C=O) groups is 2. The van der Waals surface area contributed by atoms with E-state index in [0.717, 1.165) is 56.7 Å². The van der Waals surface area contributed by atoms with E-state index in [2.05, 4.69) is 46.8 Å². The zero-order valence-electron chi connectivity index (χ0n) is 26.1. The number of carboxylic acids is 1. The first-order valence-corrected chi connectivity index (χ1v) is 16.7. The maximum Gasteiger partial charge on any atom is 0.326 e. The summed E-state index contributed by atoms with van der Waals surface area (Å²) in [6.45, 7) is 6.46. The minimum atomic E-state index is -1.02. The second kappa shape index (κ2) is 13.6. The van der Waals surface area contributed by atoms with Gasteiger partial charge < -0.3 is 19.3 Å². The molecule has 0 saturated carbocycles. The van der Waals surface area contributed by atoms with Crippen LogP contribution < -0.4 is 4.74 Å². The number of thioether (sulfide) groups is 1. The van der Waals surface area contributed by atoms with Crippen LogP contribution in [0.2, 0.25) is 5.02 Å². The lowest BCUT2D eigenvalue weighted by atomic mass is 10.0. The standard InChI is InChI=1S/C37H36ClN3O4S/c1-23-19-31-34(45-22-30-14-11-28(20-39-30)27-7-5-4-6-8-27)16-15-32-35(31)36(46-23)33(17-18-40(25(3)42)24(2)37(43)44)41(32)21-26-9-12-29(38)13-10-26/h4-16,20,23-24H,17-19,21-22H2,1-3H3,(H,43,44). The average molecular weight is 654 g/mol. The van der Waals surface area contributed by atoms with Crippen molar-refractivity contribution >= 4 is 46.1 Å². The van der Waals surface area contributed by atoms with Crippen molar-refractivity contribution in [2.24, 2.45) is 0 Å². The van der Waals surface area contributed by atoms with Gasteiger partial charge in [-0.25, -0.2) is 4.79 Å². The van der Waals surface area contributed by atoms with E-state index in [0.29, 0.717) is 36.4 Å². The van der Waals surface area contributed by atoms with Crippen LogP contribution in [-0.4, -0.2) is 49.3 Å². The van der Waals surface area contributed by atoms with Crippen LogP contribution in [0, 0.1) is 0 Å². The number of ether oxygens (including phenoxy) is 1. The van der Waals surface area contributed by atoms with Crippen LogP contribution in [0.1, 0.15) is 43.3 Å². The lowest BCUT2D eigenvalue weighted by Gasteiger charge is -2.26. The van der Waals surface area contributed by atoms with Gasteiger partial charge in [0.2, 0.25) is 5.91 Å². The van der Waals surface area contributed by atoms with Crippen molar-refractivity contribution in [3.05, 3.63) is 113 Å². The average Bonchev–Trinajstić information content (AvgIpc) is 3.34. The van der Waals surface area contributed by atoms with Crippen LogP contribution in [0.5, 0.6) is 5.75 Å². The van der Waals surface area contributed by atoms with Crippen molar-refractivity contribution in [3.63, 3.8) is 0 Å². The largest absolute Gasteiger partial charge is 0.487 e. The Morgan fingerprint density at radius 2 is 1.83 bits per heavy atom. The van der Waals surface area contributed by atoms with Crippen LogP contribution in [0.25, 0.3) is 22.0 Å². The molecule has 0 fully saturated rings. The van der Waals surface area contributed by atoms with E-state index in [4.69, 9.17) is 16.3 Å². The number of hydrogen-bond donors (Lipinski definition) is 1. The molecule has 0 aliphatic carbocycles. The molecule has 7 nitrogen and oxygen atoms in total. The molecule has 1 amide bonds. The van der Waals surface area contributed by atoms with Gasteiger partial charge in [-0.15, -0.1) is 11.8 Å². The number of halogens is 1. The monoisotopic (exact) mass is 653 g/mol. The number of rotatable bonds is 11. The molecule has 0 radical (unpaired) electrons. The molecule has 0 bridgehead atoms. The third-order valence-electron chi connectivity index (χ3n) is 8.54. The van der Waals surface area contributed by atoms with E-state index in [-0.39, 0.29) is 5.91 Å². The molecular formula is C37H36ClN3O4S. The molecule has 0 saturated heterocycles. The topological polar surface area (TPSA) is 84.7 Å². The fourth-order valence-electron chi connectivity index (χ4n) is 6.15. The molecule has 1 aliphatic heterocycles. The number of carbonyl (C=O) groups excluding carboxylic acids is 1. The summed E-state index contributed by atoms with van der Waals surface area (Å²) in [5.74, 6) is -0.434. The Labute approximate surface area is 278 Å². The molecule has 6 rings (SSSR count). The van der Waals surface area contributed by atoms with Gasteiger partial charge in [-0.3, -0.25) is 9.78 Å². The first-order chi connectivity index (χ1) is 22.2. The molecule has 0 spiro atoms. The van der Waals surface area contributed by atoms with E-state index < -0.39 is 12.0 Å². The van der Waals surface area contributed by atoms with Crippen molar-refractivity contribution in [1.82, 2.24) is 14.5 Å². The summed E-state index contributed by atoms with van der Waals surface area (Å²) < 4.78 is 8.76.